The molecule has 0 aromatic rings. The number of hydrogen-bond donors (Lipinski definition) is 1. The molecule has 1 aliphatic carbocycles. The van der Waals surface area contributed by atoms with Crippen LogP contribution >= 0.6 is 0 Å². The molecule has 0 spiro atoms. The maximum Gasteiger partial charge on any atom is 0.410 e. The number of hydrogen-bond acceptors (Lipinski definition) is 3. The van der Waals surface area contributed by atoms with E-state index in [1.54, 1.807) is 4.90 Å². The molecule has 2 fully saturated rings. The Kier molecular flexibility index (Phi) is 2.86. The Morgan fingerprint density at radius 1 is 1.44 bits per heavy atom. The van der Waals surface area contributed by atoms with Crippen molar-refractivity contribution in [3.8, 4) is 0 Å². The fourth-order valence-corrected chi connectivity index (χ4v) is 2.93. The Morgan fingerprint density at radius 3 is 2.69 bits per heavy atom. The maximum absolute atomic E-state index is 12.0. The molecule has 2 aliphatic rings. The second-order valence-electron chi connectivity index (χ2n) is 5.86. The molecular formula is C12H21NO3. The number of nitrogens with zero attached hydrogens (tertiary/aromatic N) is 1. The maximum atomic E-state index is 12.0. The highest BCUT2D eigenvalue weighted by molar-refractivity contribution is 5.69. The van der Waals surface area contributed by atoms with Crippen molar-refractivity contribution in [1.29, 1.82) is 0 Å². The van der Waals surface area contributed by atoms with Crippen molar-refractivity contribution in [2.75, 3.05) is 6.61 Å². The number of likely N-dealkylation sites (tertiary alicyclic amines) is 1. The van der Waals surface area contributed by atoms with Crippen molar-refractivity contribution in [3.05, 3.63) is 0 Å². The smallest absolute Gasteiger partial charge is 0.410 e. The number of aliphatic hydroxyl groups excluding tert-OH is 1. The Balaban J connectivity index is 2.06. The molecule has 1 N–H and O–H groups in total. The highest BCUT2D eigenvalue weighted by Gasteiger charge is 2.48. The predicted octanol–water partition coefficient (Wildman–Crippen LogP) is 1.77. The van der Waals surface area contributed by atoms with Crippen LogP contribution in [0.1, 0.15) is 40.0 Å². The van der Waals surface area contributed by atoms with E-state index >= 15 is 0 Å². The van der Waals surface area contributed by atoms with E-state index < -0.39 is 5.60 Å². The van der Waals surface area contributed by atoms with Crippen LogP contribution in [0, 0.1) is 5.92 Å². The van der Waals surface area contributed by atoms with E-state index in [9.17, 15) is 9.90 Å². The monoisotopic (exact) mass is 227 g/mol. The van der Waals surface area contributed by atoms with Crippen LogP contribution in [0.3, 0.4) is 0 Å². The van der Waals surface area contributed by atoms with E-state index in [1.165, 1.54) is 0 Å². The molecule has 0 aromatic heterocycles. The van der Waals surface area contributed by atoms with Gasteiger partial charge in [0.25, 0.3) is 0 Å². The van der Waals surface area contributed by atoms with E-state index in [2.05, 4.69) is 0 Å². The van der Waals surface area contributed by atoms with Crippen molar-refractivity contribution < 1.29 is 14.6 Å². The summed E-state index contributed by atoms with van der Waals surface area (Å²) in [4.78, 5) is 13.8. The third-order valence-corrected chi connectivity index (χ3v) is 3.53. The quantitative estimate of drug-likeness (QED) is 0.742. The fraction of sp³-hybridized carbons (Fsp3) is 0.917. The number of carbonyl (C=O) groups is 1. The third-order valence-electron chi connectivity index (χ3n) is 3.53. The molecule has 1 saturated heterocycles. The molecule has 4 heteroatoms. The third kappa shape index (κ3) is 2.03. The van der Waals surface area contributed by atoms with E-state index in [4.69, 9.17) is 4.74 Å². The van der Waals surface area contributed by atoms with Gasteiger partial charge >= 0.3 is 6.09 Å². The topological polar surface area (TPSA) is 49.8 Å². The van der Waals surface area contributed by atoms with E-state index in [0.717, 1.165) is 19.3 Å². The zero-order valence-corrected chi connectivity index (χ0v) is 10.3. The van der Waals surface area contributed by atoms with Crippen molar-refractivity contribution in [3.63, 3.8) is 0 Å². The van der Waals surface area contributed by atoms with Crippen LogP contribution in [0.5, 0.6) is 0 Å². The highest BCUT2D eigenvalue weighted by Crippen LogP contribution is 2.42. The van der Waals surface area contributed by atoms with Gasteiger partial charge in [-0.2, -0.15) is 0 Å². The van der Waals surface area contributed by atoms with Gasteiger partial charge in [-0.1, -0.05) is 0 Å². The lowest BCUT2D eigenvalue weighted by Crippen LogP contribution is -2.48. The Labute approximate surface area is 96.6 Å². The molecule has 92 valence electrons. The first-order valence-corrected chi connectivity index (χ1v) is 6.04. The molecule has 1 amide bonds. The van der Waals surface area contributed by atoms with Gasteiger partial charge in [0.15, 0.2) is 0 Å². The van der Waals surface area contributed by atoms with Gasteiger partial charge in [-0.25, -0.2) is 4.79 Å². The largest absolute Gasteiger partial charge is 0.444 e. The second kappa shape index (κ2) is 3.91. The lowest BCUT2D eigenvalue weighted by molar-refractivity contribution is -0.000465. The molecule has 3 atom stereocenters. The standard InChI is InChI=1S/C12H21NO3/c1-12(2,3)16-11(15)13-9-5-4-8(6-9)10(13)7-14/h8-10,14H,4-7H2,1-3H3/t8?,9?,10-/m1/s1. The molecule has 2 bridgehead atoms. The molecule has 1 heterocycles. The minimum absolute atomic E-state index is 0.0198. The van der Waals surface area contributed by atoms with Gasteiger partial charge in [-0.3, -0.25) is 4.90 Å². The molecule has 2 unspecified atom stereocenters. The van der Waals surface area contributed by atoms with Gasteiger partial charge in [0.05, 0.1) is 12.6 Å². The van der Waals surface area contributed by atoms with E-state index in [0.29, 0.717) is 5.92 Å². The molecule has 4 nitrogen and oxygen atoms in total. The van der Waals surface area contributed by atoms with Crippen molar-refractivity contribution >= 4 is 6.09 Å². The summed E-state index contributed by atoms with van der Waals surface area (Å²) in [6, 6.07) is 0.269. The first kappa shape index (κ1) is 11.7. The average molecular weight is 227 g/mol. The minimum Gasteiger partial charge on any atom is -0.444 e. The van der Waals surface area contributed by atoms with Crippen molar-refractivity contribution in [2.24, 2.45) is 5.92 Å². The fourth-order valence-electron chi connectivity index (χ4n) is 2.93. The summed E-state index contributed by atoms with van der Waals surface area (Å²) >= 11 is 0. The van der Waals surface area contributed by atoms with Crippen LogP contribution in [-0.2, 0) is 4.74 Å². The summed E-state index contributed by atoms with van der Waals surface area (Å²) in [6.07, 6.45) is 2.96. The van der Waals surface area contributed by atoms with Gasteiger partial charge in [-0.05, 0) is 46.0 Å². The van der Waals surface area contributed by atoms with Gasteiger partial charge in [0, 0.05) is 6.04 Å². The summed E-state index contributed by atoms with van der Waals surface area (Å²) in [5, 5.41) is 9.36. The average Bonchev–Trinajstić information content (AvgIpc) is 2.72. The Hall–Kier alpha value is -0.770. The lowest BCUT2D eigenvalue weighted by Gasteiger charge is -2.35. The van der Waals surface area contributed by atoms with E-state index in [-0.39, 0.29) is 24.8 Å². The number of fused-ring (bicyclic) bond motifs is 2. The first-order valence-electron chi connectivity index (χ1n) is 6.04. The van der Waals surface area contributed by atoms with Crippen molar-refractivity contribution in [1.82, 2.24) is 4.90 Å². The number of carbonyl (C=O) groups excluding carboxylic acids is 1. The van der Waals surface area contributed by atoms with Crippen LogP contribution < -0.4 is 0 Å². The summed E-state index contributed by atoms with van der Waals surface area (Å²) in [5.41, 5.74) is -0.459. The number of piperidine rings is 1. The van der Waals surface area contributed by atoms with Crippen LogP contribution in [0.4, 0.5) is 4.79 Å². The SMILES string of the molecule is CC(C)(C)OC(=O)N1C2CCC(C2)[C@H]1CO. The zero-order chi connectivity index (χ0) is 11.9. The zero-order valence-electron chi connectivity index (χ0n) is 10.3. The summed E-state index contributed by atoms with van der Waals surface area (Å²) in [6.45, 7) is 5.66. The number of rotatable bonds is 1. The van der Waals surface area contributed by atoms with E-state index in [1.807, 2.05) is 20.8 Å². The van der Waals surface area contributed by atoms with Crippen LogP contribution in [0.25, 0.3) is 0 Å². The van der Waals surface area contributed by atoms with Crippen LogP contribution in [-0.4, -0.2) is 40.4 Å². The lowest BCUT2D eigenvalue weighted by atomic mass is 10.00. The van der Waals surface area contributed by atoms with Crippen molar-refractivity contribution in [2.45, 2.75) is 57.7 Å². The molecule has 1 saturated carbocycles. The molecule has 0 radical (unpaired) electrons. The summed E-state index contributed by atoms with van der Waals surface area (Å²) in [5.74, 6) is 0.475. The van der Waals surface area contributed by atoms with Gasteiger partial charge < -0.3 is 9.84 Å². The highest BCUT2D eigenvalue weighted by atomic mass is 16.6. The predicted molar refractivity (Wildman–Crippen MR) is 60.1 cm³/mol. The summed E-state index contributed by atoms with van der Waals surface area (Å²) in [7, 11) is 0. The molecule has 1 aliphatic heterocycles. The first-order chi connectivity index (χ1) is 7.42. The minimum atomic E-state index is -0.459. The Bertz CT molecular complexity index is 284. The van der Waals surface area contributed by atoms with Gasteiger partial charge in [0.1, 0.15) is 5.60 Å². The molecule has 16 heavy (non-hydrogen) atoms. The van der Waals surface area contributed by atoms with Gasteiger partial charge in [-0.15, -0.1) is 0 Å². The number of aliphatic hydroxyl groups is 1. The number of amides is 1. The molecule has 2 rings (SSSR count). The number of ether oxygens (including phenoxy) is 1. The normalized spacial score (nSPS) is 33.2. The molecular weight excluding hydrogens is 206 g/mol. The Morgan fingerprint density at radius 2 is 2.12 bits per heavy atom. The van der Waals surface area contributed by atoms with Crippen LogP contribution in [0.2, 0.25) is 0 Å². The summed E-state index contributed by atoms with van der Waals surface area (Å²) < 4.78 is 5.38. The molecule has 0 aromatic carbocycles. The second-order valence-corrected chi connectivity index (χ2v) is 5.86. The van der Waals surface area contributed by atoms with Gasteiger partial charge in [0.2, 0.25) is 0 Å². The van der Waals surface area contributed by atoms with Crippen LogP contribution in [0.15, 0.2) is 0 Å².